The normalized spacial score (nSPS) is 11.5. The van der Waals surface area contributed by atoms with E-state index in [1.807, 2.05) is 37.3 Å². The number of hydrogen-bond acceptors (Lipinski definition) is 3. The van der Waals surface area contributed by atoms with Crippen molar-refractivity contribution in [1.82, 2.24) is 9.38 Å². The van der Waals surface area contributed by atoms with Crippen LogP contribution in [0, 0.1) is 6.92 Å². The van der Waals surface area contributed by atoms with E-state index in [1.165, 1.54) is 0 Å². The molecule has 0 saturated heterocycles. The molecule has 0 unspecified atom stereocenters. The van der Waals surface area contributed by atoms with Gasteiger partial charge in [-0.1, -0.05) is 11.6 Å². The van der Waals surface area contributed by atoms with Crippen molar-refractivity contribution >= 4 is 45.0 Å². The molecule has 0 atom stereocenters. The van der Waals surface area contributed by atoms with E-state index in [4.69, 9.17) is 16.3 Å². The van der Waals surface area contributed by atoms with Gasteiger partial charge in [-0.2, -0.15) is 0 Å². The van der Waals surface area contributed by atoms with Crippen molar-refractivity contribution < 1.29 is 9.53 Å². The largest absolute Gasteiger partial charge is 0.462 e. The average Bonchev–Trinajstić information content (AvgIpc) is 2.95. The summed E-state index contributed by atoms with van der Waals surface area (Å²) in [5.41, 5.74) is 4.11. The van der Waals surface area contributed by atoms with E-state index in [9.17, 15) is 4.79 Å². The number of pyridine rings is 2. The Kier molecular flexibility index (Phi) is 3.43. The molecule has 3 heterocycles. The molecule has 5 heteroatoms. The first kappa shape index (κ1) is 15.0. The molecule has 4 nitrogen and oxygen atoms in total. The number of aromatic nitrogens is 2. The molecule has 0 aliphatic heterocycles. The summed E-state index contributed by atoms with van der Waals surface area (Å²) in [6, 6.07) is 11.5. The number of nitrogens with zero attached hydrogens (tertiary/aromatic N) is 2. The molecule has 1 aromatic carbocycles. The minimum Gasteiger partial charge on any atom is -0.462 e. The number of rotatable bonds is 2. The SMILES string of the molecule is CCOC(=O)c1c(C)c2cc3cccnc3n2c2ccc(Cl)cc12. The molecule has 0 aliphatic rings. The highest BCUT2D eigenvalue weighted by Crippen LogP contribution is 2.32. The molecule has 120 valence electrons. The van der Waals surface area contributed by atoms with Crippen LogP contribution in [0.3, 0.4) is 0 Å². The van der Waals surface area contributed by atoms with E-state index in [-0.39, 0.29) is 5.97 Å². The van der Waals surface area contributed by atoms with Gasteiger partial charge < -0.3 is 4.74 Å². The van der Waals surface area contributed by atoms with E-state index in [2.05, 4.69) is 15.5 Å². The number of hydrogen-bond donors (Lipinski definition) is 0. The molecular weight excluding hydrogens is 324 g/mol. The van der Waals surface area contributed by atoms with Gasteiger partial charge in [0.2, 0.25) is 0 Å². The zero-order valence-electron chi connectivity index (χ0n) is 13.3. The molecule has 0 radical (unpaired) electrons. The Hall–Kier alpha value is -2.59. The second-order valence-corrected chi connectivity index (χ2v) is 6.10. The molecule has 4 aromatic rings. The molecule has 0 fully saturated rings. The predicted molar refractivity (Wildman–Crippen MR) is 95.9 cm³/mol. The quantitative estimate of drug-likeness (QED) is 0.494. The highest BCUT2D eigenvalue weighted by Gasteiger charge is 2.20. The van der Waals surface area contributed by atoms with Crippen LogP contribution < -0.4 is 0 Å². The van der Waals surface area contributed by atoms with Crippen LogP contribution in [0.15, 0.2) is 42.6 Å². The number of ether oxygens (including phenoxy) is 1. The van der Waals surface area contributed by atoms with E-state index in [1.54, 1.807) is 13.1 Å². The molecule has 24 heavy (non-hydrogen) atoms. The maximum atomic E-state index is 12.6. The Morgan fingerprint density at radius 2 is 2.08 bits per heavy atom. The molecule has 0 amide bonds. The van der Waals surface area contributed by atoms with Gasteiger partial charge in [0, 0.05) is 22.0 Å². The zero-order chi connectivity index (χ0) is 16.8. The number of benzene rings is 1. The molecular formula is C19H15ClN2O2. The third kappa shape index (κ3) is 2.07. The van der Waals surface area contributed by atoms with E-state index >= 15 is 0 Å². The standard InChI is InChI=1S/C19H15ClN2O2/c1-3-24-19(23)17-11(2)16-9-12-5-4-8-21-18(12)22(16)15-7-6-13(20)10-14(15)17/h4-10H,3H2,1-2H3. The Balaban J connectivity index is 2.25. The third-order valence-electron chi connectivity index (χ3n) is 4.27. The highest BCUT2D eigenvalue weighted by atomic mass is 35.5. The van der Waals surface area contributed by atoms with Gasteiger partial charge in [-0.15, -0.1) is 0 Å². The molecule has 3 aromatic heterocycles. The Morgan fingerprint density at radius 1 is 1.25 bits per heavy atom. The summed E-state index contributed by atoms with van der Waals surface area (Å²) in [7, 11) is 0. The number of aryl methyl sites for hydroxylation is 1. The molecule has 0 aliphatic carbocycles. The Labute approximate surface area is 143 Å². The van der Waals surface area contributed by atoms with Crippen LogP contribution >= 0.6 is 11.6 Å². The second kappa shape index (κ2) is 5.49. The molecule has 0 saturated carbocycles. The van der Waals surface area contributed by atoms with Gasteiger partial charge in [0.25, 0.3) is 0 Å². The number of esters is 1. The van der Waals surface area contributed by atoms with Gasteiger partial charge in [0.05, 0.1) is 23.2 Å². The van der Waals surface area contributed by atoms with Crippen molar-refractivity contribution in [2.75, 3.05) is 6.61 Å². The van der Waals surface area contributed by atoms with Crippen molar-refractivity contribution in [3.05, 3.63) is 58.7 Å². The minimum absolute atomic E-state index is 0.329. The minimum atomic E-state index is -0.331. The summed E-state index contributed by atoms with van der Waals surface area (Å²) in [6.45, 7) is 4.06. The maximum Gasteiger partial charge on any atom is 0.339 e. The molecule has 0 spiro atoms. The fourth-order valence-electron chi connectivity index (χ4n) is 3.25. The Bertz CT molecular complexity index is 1110. The van der Waals surface area contributed by atoms with Crippen LogP contribution in [0.25, 0.3) is 27.5 Å². The summed E-state index contributed by atoms with van der Waals surface area (Å²) < 4.78 is 7.34. The number of halogens is 1. The lowest BCUT2D eigenvalue weighted by Gasteiger charge is -2.13. The van der Waals surface area contributed by atoms with Crippen LogP contribution in [-0.2, 0) is 4.74 Å². The molecule has 0 bridgehead atoms. The summed E-state index contributed by atoms with van der Waals surface area (Å²) in [5, 5.41) is 2.38. The zero-order valence-corrected chi connectivity index (χ0v) is 14.1. The fourth-order valence-corrected chi connectivity index (χ4v) is 3.43. The lowest BCUT2D eigenvalue weighted by atomic mass is 10.0. The van der Waals surface area contributed by atoms with Crippen molar-refractivity contribution in [2.24, 2.45) is 0 Å². The van der Waals surface area contributed by atoms with Crippen LogP contribution in [0.5, 0.6) is 0 Å². The number of carbonyl (C=O) groups is 1. The van der Waals surface area contributed by atoms with Gasteiger partial charge in [0.15, 0.2) is 0 Å². The van der Waals surface area contributed by atoms with Crippen molar-refractivity contribution in [1.29, 1.82) is 0 Å². The van der Waals surface area contributed by atoms with Gasteiger partial charge in [-0.3, -0.25) is 4.40 Å². The smallest absolute Gasteiger partial charge is 0.339 e. The van der Waals surface area contributed by atoms with Gasteiger partial charge in [0.1, 0.15) is 5.65 Å². The summed E-state index contributed by atoms with van der Waals surface area (Å²) in [5.74, 6) is -0.331. The van der Waals surface area contributed by atoms with Crippen molar-refractivity contribution in [3.63, 3.8) is 0 Å². The monoisotopic (exact) mass is 338 g/mol. The van der Waals surface area contributed by atoms with E-state index in [0.717, 1.165) is 33.0 Å². The Morgan fingerprint density at radius 3 is 2.88 bits per heavy atom. The first-order valence-electron chi connectivity index (χ1n) is 7.77. The fraction of sp³-hybridized carbons (Fsp3) is 0.158. The lowest BCUT2D eigenvalue weighted by Crippen LogP contribution is -2.09. The second-order valence-electron chi connectivity index (χ2n) is 5.66. The van der Waals surface area contributed by atoms with Crippen LogP contribution in [0.4, 0.5) is 0 Å². The first-order chi connectivity index (χ1) is 11.6. The summed E-state index contributed by atoms with van der Waals surface area (Å²) >= 11 is 6.19. The number of carbonyl (C=O) groups excluding carboxylic acids is 1. The third-order valence-corrected chi connectivity index (χ3v) is 4.50. The van der Waals surface area contributed by atoms with Crippen LogP contribution in [0.1, 0.15) is 22.8 Å². The van der Waals surface area contributed by atoms with Crippen molar-refractivity contribution in [3.8, 4) is 0 Å². The van der Waals surface area contributed by atoms with Gasteiger partial charge >= 0.3 is 5.97 Å². The lowest BCUT2D eigenvalue weighted by molar-refractivity contribution is 0.0528. The molecule has 0 N–H and O–H groups in total. The highest BCUT2D eigenvalue weighted by molar-refractivity contribution is 6.31. The summed E-state index contributed by atoms with van der Waals surface area (Å²) in [6.07, 6.45) is 1.77. The van der Waals surface area contributed by atoms with E-state index in [0.29, 0.717) is 17.2 Å². The molecule has 4 rings (SSSR count). The van der Waals surface area contributed by atoms with Crippen LogP contribution in [0.2, 0.25) is 5.02 Å². The van der Waals surface area contributed by atoms with Crippen molar-refractivity contribution in [2.45, 2.75) is 13.8 Å². The predicted octanol–water partition coefficient (Wildman–Crippen LogP) is 4.78. The topological polar surface area (TPSA) is 43.6 Å². The summed E-state index contributed by atoms with van der Waals surface area (Å²) in [4.78, 5) is 17.1. The van der Waals surface area contributed by atoms with Gasteiger partial charge in [-0.25, -0.2) is 9.78 Å². The average molecular weight is 339 g/mol. The first-order valence-corrected chi connectivity index (χ1v) is 8.14. The maximum absolute atomic E-state index is 12.6. The van der Waals surface area contributed by atoms with E-state index < -0.39 is 0 Å². The van der Waals surface area contributed by atoms with Crippen LogP contribution in [-0.4, -0.2) is 22.0 Å². The number of fused-ring (bicyclic) bond motifs is 5. The van der Waals surface area contributed by atoms with Gasteiger partial charge in [-0.05, 0) is 55.8 Å².